The van der Waals surface area contributed by atoms with Crippen LogP contribution in [0.3, 0.4) is 0 Å². The molecule has 202 valence electrons. The predicted octanol–water partition coefficient (Wildman–Crippen LogP) is 4.66. The summed E-state index contributed by atoms with van der Waals surface area (Å²) in [7, 11) is 2.99. The van der Waals surface area contributed by atoms with Gasteiger partial charge in [-0.2, -0.15) is 18.3 Å². The number of anilines is 1. The second-order valence-corrected chi connectivity index (χ2v) is 9.59. The number of piperazine rings is 1. The summed E-state index contributed by atoms with van der Waals surface area (Å²) in [5.41, 5.74) is 2.20. The zero-order valence-electron chi connectivity index (χ0n) is 21.4. The lowest BCUT2D eigenvalue weighted by molar-refractivity contribution is -0.173. The van der Waals surface area contributed by atoms with E-state index in [1.807, 2.05) is 11.8 Å². The molecule has 3 heterocycles. The highest BCUT2D eigenvalue weighted by atomic mass is 19.4. The average molecular weight is 530 g/mol. The first kappa shape index (κ1) is 25.9. The topological polar surface area (TPSA) is 80.7 Å². The molecule has 3 atom stereocenters. The van der Waals surface area contributed by atoms with Crippen molar-refractivity contribution in [2.75, 3.05) is 39.2 Å². The van der Waals surface area contributed by atoms with E-state index in [-0.39, 0.29) is 24.2 Å². The molecule has 0 spiro atoms. The highest BCUT2D eigenvalue weighted by Crippen LogP contribution is 2.45. The van der Waals surface area contributed by atoms with Crippen LogP contribution < -0.4 is 20.1 Å². The van der Waals surface area contributed by atoms with Crippen molar-refractivity contribution in [2.24, 2.45) is 0 Å². The summed E-state index contributed by atoms with van der Waals surface area (Å²) in [6.07, 6.45) is -4.73. The fourth-order valence-corrected chi connectivity index (χ4v) is 5.09. The SMILES string of the molecule is COc1ccc(C2CC(C(F)(F)F)n3nc(-c4ccc(C(=O)N5CCNC[C@H]5C)cc4)cc3N2)cc1OC. The number of ether oxygens (including phenoxy) is 2. The first-order valence-corrected chi connectivity index (χ1v) is 12.5. The number of rotatable bonds is 5. The minimum Gasteiger partial charge on any atom is -0.493 e. The maximum Gasteiger partial charge on any atom is 0.410 e. The molecule has 2 unspecified atom stereocenters. The van der Waals surface area contributed by atoms with Crippen LogP contribution in [0.1, 0.15) is 41.3 Å². The Labute approximate surface area is 218 Å². The summed E-state index contributed by atoms with van der Waals surface area (Å²) in [4.78, 5) is 14.8. The van der Waals surface area contributed by atoms with Crippen LogP contribution in [0.25, 0.3) is 11.3 Å². The summed E-state index contributed by atoms with van der Waals surface area (Å²) in [5, 5.41) is 10.8. The molecule has 5 rings (SSSR count). The molecule has 0 radical (unpaired) electrons. The monoisotopic (exact) mass is 529 g/mol. The zero-order valence-corrected chi connectivity index (χ0v) is 21.4. The molecule has 2 N–H and O–H groups in total. The number of hydrogen-bond acceptors (Lipinski definition) is 6. The molecule has 1 fully saturated rings. The third kappa shape index (κ3) is 4.90. The van der Waals surface area contributed by atoms with Crippen molar-refractivity contribution in [2.45, 2.75) is 37.6 Å². The number of carbonyl (C=O) groups is 1. The molecule has 0 aliphatic carbocycles. The molecule has 2 aromatic carbocycles. The second kappa shape index (κ2) is 10.2. The van der Waals surface area contributed by atoms with Gasteiger partial charge in [0.15, 0.2) is 17.5 Å². The first-order chi connectivity index (χ1) is 18.2. The highest BCUT2D eigenvalue weighted by Gasteiger charge is 2.46. The van der Waals surface area contributed by atoms with Crippen LogP contribution in [0.5, 0.6) is 11.5 Å². The van der Waals surface area contributed by atoms with Crippen molar-refractivity contribution >= 4 is 11.7 Å². The van der Waals surface area contributed by atoms with E-state index in [1.54, 1.807) is 48.5 Å². The van der Waals surface area contributed by atoms with E-state index in [1.165, 1.54) is 14.2 Å². The summed E-state index contributed by atoms with van der Waals surface area (Å²) < 4.78 is 54.1. The van der Waals surface area contributed by atoms with Gasteiger partial charge in [-0.05, 0) is 36.8 Å². The lowest BCUT2D eigenvalue weighted by atomic mass is 9.96. The fourth-order valence-electron chi connectivity index (χ4n) is 5.09. The molecule has 1 saturated heterocycles. The summed E-state index contributed by atoms with van der Waals surface area (Å²) in [6.45, 7) is 4.10. The molecule has 2 aliphatic heterocycles. The lowest BCUT2D eigenvalue weighted by Crippen LogP contribution is -2.52. The van der Waals surface area contributed by atoms with Gasteiger partial charge in [0.2, 0.25) is 0 Å². The van der Waals surface area contributed by atoms with Crippen molar-refractivity contribution < 1.29 is 27.4 Å². The van der Waals surface area contributed by atoms with Gasteiger partial charge in [0.1, 0.15) is 5.82 Å². The van der Waals surface area contributed by atoms with Gasteiger partial charge in [-0.15, -0.1) is 0 Å². The maximum absolute atomic E-state index is 14.2. The molecular weight excluding hydrogens is 499 g/mol. The normalized spacial score (nSPS) is 21.4. The largest absolute Gasteiger partial charge is 0.493 e. The lowest BCUT2D eigenvalue weighted by Gasteiger charge is -2.34. The number of hydrogen-bond donors (Lipinski definition) is 2. The zero-order chi connectivity index (χ0) is 27.0. The molecule has 2 aliphatic rings. The first-order valence-electron chi connectivity index (χ1n) is 12.5. The van der Waals surface area contributed by atoms with Gasteiger partial charge in [-0.1, -0.05) is 18.2 Å². The highest BCUT2D eigenvalue weighted by molar-refractivity contribution is 5.95. The van der Waals surface area contributed by atoms with Crippen molar-refractivity contribution in [3.63, 3.8) is 0 Å². The molecule has 0 bridgehead atoms. The molecule has 8 nitrogen and oxygen atoms in total. The van der Waals surface area contributed by atoms with Crippen molar-refractivity contribution in [1.82, 2.24) is 20.0 Å². The van der Waals surface area contributed by atoms with Gasteiger partial charge in [-0.25, -0.2) is 4.68 Å². The van der Waals surface area contributed by atoms with Crippen molar-refractivity contribution in [3.05, 3.63) is 59.7 Å². The number of methoxy groups -OCH3 is 2. The molecule has 1 aromatic heterocycles. The Bertz CT molecular complexity index is 1310. The van der Waals surface area contributed by atoms with Gasteiger partial charge < -0.3 is 25.0 Å². The van der Waals surface area contributed by atoms with Gasteiger partial charge >= 0.3 is 6.18 Å². The minimum absolute atomic E-state index is 0.0637. The van der Waals surface area contributed by atoms with E-state index in [4.69, 9.17) is 9.47 Å². The number of aromatic nitrogens is 2. The molecule has 11 heteroatoms. The number of nitrogens with zero attached hydrogens (tertiary/aromatic N) is 3. The summed E-state index contributed by atoms with van der Waals surface area (Å²) in [5.74, 6) is 1.15. The van der Waals surface area contributed by atoms with E-state index in [9.17, 15) is 18.0 Å². The van der Waals surface area contributed by atoms with Crippen LogP contribution in [-0.4, -0.2) is 66.7 Å². The van der Waals surface area contributed by atoms with E-state index in [0.717, 1.165) is 17.8 Å². The van der Waals surface area contributed by atoms with Gasteiger partial charge in [0.05, 0.1) is 26.0 Å². The number of nitrogens with one attached hydrogen (secondary N) is 2. The minimum atomic E-state index is -4.49. The Morgan fingerprint density at radius 3 is 2.45 bits per heavy atom. The van der Waals surface area contributed by atoms with Gasteiger partial charge in [0.25, 0.3) is 5.91 Å². The maximum atomic E-state index is 14.2. The number of fused-ring (bicyclic) bond motifs is 1. The Kier molecular flexibility index (Phi) is 6.95. The van der Waals surface area contributed by atoms with E-state index >= 15 is 0 Å². The van der Waals surface area contributed by atoms with Crippen molar-refractivity contribution in [1.29, 1.82) is 0 Å². The van der Waals surface area contributed by atoms with E-state index in [2.05, 4.69) is 15.7 Å². The van der Waals surface area contributed by atoms with Gasteiger partial charge in [-0.3, -0.25) is 4.79 Å². The standard InChI is InChI=1S/C27H30F3N5O3/c1-16-15-31-10-11-34(16)26(36)18-6-4-17(5-7-18)21-14-25-32-20(13-24(27(28,29)30)35(25)33-21)19-8-9-22(37-2)23(12-19)38-3/h4-9,12,14,16,20,24,31-32H,10-11,13,15H2,1-3H3/t16-,20?,24?/m1/s1. The molecule has 3 aromatic rings. The van der Waals surface area contributed by atoms with E-state index < -0.39 is 18.3 Å². The second-order valence-electron chi connectivity index (χ2n) is 9.59. The number of benzene rings is 2. The smallest absolute Gasteiger partial charge is 0.410 e. The van der Waals surface area contributed by atoms with Crippen LogP contribution in [-0.2, 0) is 0 Å². The predicted molar refractivity (Wildman–Crippen MR) is 137 cm³/mol. The number of halogens is 3. The Morgan fingerprint density at radius 1 is 1.05 bits per heavy atom. The quantitative estimate of drug-likeness (QED) is 0.501. The molecule has 1 amide bonds. The summed E-state index contributed by atoms with van der Waals surface area (Å²) >= 11 is 0. The average Bonchev–Trinajstić information content (AvgIpc) is 3.35. The summed E-state index contributed by atoms with van der Waals surface area (Å²) in [6, 6.07) is 11.2. The van der Waals surface area contributed by atoms with Gasteiger partial charge in [0, 0.05) is 49.3 Å². The molecule has 0 saturated carbocycles. The van der Waals surface area contributed by atoms with Crippen LogP contribution in [0.15, 0.2) is 48.5 Å². The Morgan fingerprint density at radius 2 is 1.79 bits per heavy atom. The fraction of sp³-hybridized carbons (Fsp3) is 0.407. The van der Waals surface area contributed by atoms with Crippen LogP contribution in [0.2, 0.25) is 0 Å². The Hall–Kier alpha value is -3.73. The van der Waals surface area contributed by atoms with E-state index in [0.29, 0.717) is 40.4 Å². The van der Waals surface area contributed by atoms with Crippen LogP contribution in [0, 0.1) is 0 Å². The molecular formula is C27H30F3N5O3. The third-order valence-corrected chi connectivity index (χ3v) is 7.19. The van der Waals surface area contributed by atoms with Crippen LogP contribution in [0.4, 0.5) is 19.0 Å². The number of amides is 1. The third-order valence-electron chi connectivity index (χ3n) is 7.19. The number of carbonyl (C=O) groups excluding carboxylic acids is 1. The number of alkyl halides is 3. The Balaban J connectivity index is 1.42. The van der Waals surface area contributed by atoms with Crippen molar-refractivity contribution in [3.8, 4) is 22.8 Å². The molecule has 38 heavy (non-hydrogen) atoms. The van der Waals surface area contributed by atoms with Crippen LogP contribution >= 0.6 is 0 Å².